The van der Waals surface area contributed by atoms with Gasteiger partial charge in [0.05, 0.1) is 32.5 Å². The Hall–Kier alpha value is -0.160. The minimum atomic E-state index is 0.366. The van der Waals surface area contributed by atoms with Gasteiger partial charge in [-0.2, -0.15) is 0 Å². The van der Waals surface area contributed by atoms with Crippen LogP contribution in [0.2, 0.25) is 0 Å². The molecule has 16 heavy (non-hydrogen) atoms. The summed E-state index contributed by atoms with van der Waals surface area (Å²) >= 11 is 0. The molecule has 2 aliphatic rings. The lowest BCUT2D eigenvalue weighted by Crippen LogP contribution is -2.16. The zero-order chi connectivity index (χ0) is 11.2. The van der Waals surface area contributed by atoms with E-state index in [4.69, 9.17) is 18.9 Å². The van der Waals surface area contributed by atoms with Crippen LogP contribution in [0.1, 0.15) is 26.2 Å². The Kier molecular flexibility index (Phi) is 5.03. The molecule has 0 aromatic carbocycles. The quantitative estimate of drug-likeness (QED) is 0.420. The predicted molar refractivity (Wildman–Crippen MR) is 59.6 cm³/mol. The molecule has 3 unspecified atom stereocenters. The van der Waals surface area contributed by atoms with E-state index in [1.807, 2.05) is 0 Å². The Balaban J connectivity index is 1.41. The van der Waals surface area contributed by atoms with Gasteiger partial charge >= 0.3 is 0 Å². The molecule has 2 rings (SSSR count). The predicted octanol–water partition coefficient (Wildman–Crippen LogP) is 1.38. The van der Waals surface area contributed by atoms with E-state index in [0.29, 0.717) is 18.3 Å². The molecule has 0 spiro atoms. The zero-order valence-corrected chi connectivity index (χ0v) is 10.0. The third kappa shape index (κ3) is 5.25. The fraction of sp³-hybridized carbons (Fsp3) is 1.00. The van der Waals surface area contributed by atoms with Gasteiger partial charge in [-0.05, 0) is 19.3 Å². The van der Waals surface area contributed by atoms with E-state index in [1.165, 1.54) is 0 Å². The number of epoxide rings is 2. The molecule has 0 aromatic heterocycles. The summed E-state index contributed by atoms with van der Waals surface area (Å²) in [5.74, 6) is 0. The molecule has 0 aliphatic carbocycles. The molecule has 4 nitrogen and oxygen atoms in total. The smallest absolute Gasteiger partial charge is 0.104 e. The van der Waals surface area contributed by atoms with E-state index < -0.39 is 0 Å². The van der Waals surface area contributed by atoms with Crippen molar-refractivity contribution in [2.24, 2.45) is 0 Å². The highest BCUT2D eigenvalue weighted by atomic mass is 16.6. The van der Waals surface area contributed by atoms with Gasteiger partial charge in [-0.1, -0.05) is 6.92 Å². The second-order valence-corrected chi connectivity index (χ2v) is 4.49. The SMILES string of the molecule is CCC(CCCOCC1CO1)OCC1CO1. The Morgan fingerprint density at radius 2 is 1.88 bits per heavy atom. The first-order chi connectivity index (χ1) is 7.88. The van der Waals surface area contributed by atoms with E-state index in [-0.39, 0.29) is 0 Å². The molecule has 0 bridgehead atoms. The van der Waals surface area contributed by atoms with Crippen molar-refractivity contribution in [1.82, 2.24) is 0 Å². The first-order valence-electron chi connectivity index (χ1n) is 6.31. The van der Waals surface area contributed by atoms with Crippen molar-refractivity contribution in [3.8, 4) is 0 Å². The molecule has 4 heteroatoms. The van der Waals surface area contributed by atoms with Crippen molar-refractivity contribution in [2.45, 2.75) is 44.5 Å². The third-order valence-electron chi connectivity index (χ3n) is 2.90. The Morgan fingerprint density at radius 3 is 2.50 bits per heavy atom. The summed E-state index contributed by atoms with van der Waals surface area (Å²) in [4.78, 5) is 0. The van der Waals surface area contributed by atoms with Crippen molar-refractivity contribution in [2.75, 3.05) is 33.0 Å². The average molecular weight is 230 g/mol. The molecule has 2 aliphatic heterocycles. The first kappa shape index (κ1) is 12.3. The lowest BCUT2D eigenvalue weighted by Gasteiger charge is -2.15. The van der Waals surface area contributed by atoms with Gasteiger partial charge in [0.15, 0.2) is 0 Å². The van der Waals surface area contributed by atoms with Crippen LogP contribution in [0, 0.1) is 0 Å². The van der Waals surface area contributed by atoms with Crippen LogP contribution in [0.5, 0.6) is 0 Å². The van der Waals surface area contributed by atoms with Gasteiger partial charge in [0.1, 0.15) is 12.2 Å². The average Bonchev–Trinajstić information content (AvgIpc) is 3.16. The van der Waals surface area contributed by atoms with E-state index in [9.17, 15) is 0 Å². The highest BCUT2D eigenvalue weighted by Crippen LogP contribution is 2.14. The highest BCUT2D eigenvalue weighted by molar-refractivity contribution is 4.69. The Morgan fingerprint density at radius 1 is 1.19 bits per heavy atom. The highest BCUT2D eigenvalue weighted by Gasteiger charge is 2.24. The number of rotatable bonds is 10. The second kappa shape index (κ2) is 6.55. The standard InChI is InChI=1S/C12H22O4/c1-2-10(14-8-12-9-16-12)4-3-5-13-6-11-7-15-11/h10-12H,2-9H2,1H3. The van der Waals surface area contributed by atoms with Crippen LogP contribution >= 0.6 is 0 Å². The molecular formula is C12H22O4. The lowest BCUT2D eigenvalue weighted by molar-refractivity contribution is 0.0259. The first-order valence-corrected chi connectivity index (χ1v) is 6.31. The van der Waals surface area contributed by atoms with Crippen LogP contribution in [-0.4, -0.2) is 51.3 Å². The Labute approximate surface area is 97.2 Å². The topological polar surface area (TPSA) is 43.5 Å². The van der Waals surface area contributed by atoms with Gasteiger partial charge in [-0.25, -0.2) is 0 Å². The monoisotopic (exact) mass is 230 g/mol. The van der Waals surface area contributed by atoms with Gasteiger partial charge in [-0.15, -0.1) is 0 Å². The number of hydrogen-bond acceptors (Lipinski definition) is 4. The fourth-order valence-corrected chi connectivity index (χ4v) is 1.61. The minimum Gasteiger partial charge on any atom is -0.379 e. The van der Waals surface area contributed by atoms with Crippen LogP contribution in [0.4, 0.5) is 0 Å². The van der Waals surface area contributed by atoms with E-state index in [0.717, 1.165) is 52.3 Å². The third-order valence-corrected chi connectivity index (χ3v) is 2.90. The van der Waals surface area contributed by atoms with E-state index in [2.05, 4.69) is 6.92 Å². The molecule has 0 radical (unpaired) electrons. The van der Waals surface area contributed by atoms with Crippen LogP contribution in [0.25, 0.3) is 0 Å². The molecule has 0 N–H and O–H groups in total. The summed E-state index contributed by atoms with van der Waals surface area (Å²) in [5.41, 5.74) is 0. The van der Waals surface area contributed by atoms with Crippen molar-refractivity contribution in [1.29, 1.82) is 0 Å². The van der Waals surface area contributed by atoms with Gasteiger partial charge in [0.25, 0.3) is 0 Å². The van der Waals surface area contributed by atoms with Crippen LogP contribution in [0.3, 0.4) is 0 Å². The van der Waals surface area contributed by atoms with Gasteiger partial charge < -0.3 is 18.9 Å². The van der Waals surface area contributed by atoms with Crippen molar-refractivity contribution < 1.29 is 18.9 Å². The van der Waals surface area contributed by atoms with Crippen LogP contribution in [0.15, 0.2) is 0 Å². The summed E-state index contributed by atoms with van der Waals surface area (Å²) in [7, 11) is 0. The molecule has 2 saturated heterocycles. The molecular weight excluding hydrogens is 208 g/mol. The lowest BCUT2D eigenvalue weighted by atomic mass is 10.1. The normalized spacial score (nSPS) is 29.1. The van der Waals surface area contributed by atoms with E-state index >= 15 is 0 Å². The molecule has 3 atom stereocenters. The fourth-order valence-electron chi connectivity index (χ4n) is 1.61. The maximum atomic E-state index is 5.75. The largest absolute Gasteiger partial charge is 0.379 e. The minimum absolute atomic E-state index is 0.366. The molecule has 2 fully saturated rings. The maximum Gasteiger partial charge on any atom is 0.104 e. The zero-order valence-electron chi connectivity index (χ0n) is 10.0. The van der Waals surface area contributed by atoms with E-state index in [1.54, 1.807) is 0 Å². The van der Waals surface area contributed by atoms with Crippen molar-refractivity contribution >= 4 is 0 Å². The molecule has 0 aromatic rings. The summed E-state index contributed by atoms with van der Waals surface area (Å²) < 4.78 is 21.4. The van der Waals surface area contributed by atoms with Crippen molar-refractivity contribution in [3.05, 3.63) is 0 Å². The maximum absolute atomic E-state index is 5.75. The van der Waals surface area contributed by atoms with Crippen LogP contribution < -0.4 is 0 Å². The summed E-state index contributed by atoms with van der Waals surface area (Å²) in [6.45, 7) is 6.25. The van der Waals surface area contributed by atoms with Gasteiger partial charge in [0.2, 0.25) is 0 Å². The van der Waals surface area contributed by atoms with Gasteiger partial charge in [-0.3, -0.25) is 0 Å². The van der Waals surface area contributed by atoms with Crippen molar-refractivity contribution in [3.63, 3.8) is 0 Å². The molecule has 0 saturated carbocycles. The summed E-state index contributed by atoms with van der Waals surface area (Å²) in [6.07, 6.45) is 4.33. The second-order valence-electron chi connectivity index (χ2n) is 4.49. The molecule has 0 amide bonds. The number of ether oxygens (including phenoxy) is 4. The Bertz CT molecular complexity index is 189. The van der Waals surface area contributed by atoms with Crippen LogP contribution in [-0.2, 0) is 18.9 Å². The molecule has 2 heterocycles. The van der Waals surface area contributed by atoms with Gasteiger partial charge in [0, 0.05) is 6.61 Å². The summed E-state index contributed by atoms with van der Waals surface area (Å²) in [5, 5.41) is 0. The number of hydrogen-bond donors (Lipinski definition) is 0. The molecule has 94 valence electrons. The summed E-state index contributed by atoms with van der Waals surface area (Å²) in [6, 6.07) is 0.